The Morgan fingerprint density at radius 1 is 1.26 bits per heavy atom. The SMILES string of the molecule is O=C(CSc1ccncc1)N[C@@H]1C(=O)N2C(C(=O)O)=C(/C=C3\CCN(CC4CC4)C3=O)CS[C@H]12. The van der Waals surface area contributed by atoms with E-state index in [1.807, 2.05) is 4.90 Å². The van der Waals surface area contributed by atoms with Gasteiger partial charge in [-0.3, -0.25) is 24.3 Å². The number of rotatable bonds is 8. The molecule has 1 aliphatic carbocycles. The van der Waals surface area contributed by atoms with Gasteiger partial charge in [-0.1, -0.05) is 0 Å². The number of aliphatic carboxylic acids is 1. The minimum absolute atomic E-state index is 0.0389. The average molecular weight is 501 g/mol. The summed E-state index contributed by atoms with van der Waals surface area (Å²) in [5, 5.41) is 12.1. The molecule has 0 unspecified atom stereocenters. The van der Waals surface area contributed by atoms with Gasteiger partial charge in [0.05, 0.1) is 5.75 Å². The summed E-state index contributed by atoms with van der Waals surface area (Å²) in [7, 11) is 0. The minimum Gasteiger partial charge on any atom is -0.477 e. The Balaban J connectivity index is 1.25. The maximum atomic E-state index is 12.8. The van der Waals surface area contributed by atoms with E-state index in [2.05, 4.69) is 10.3 Å². The Kier molecular flexibility index (Phi) is 6.39. The van der Waals surface area contributed by atoms with Crippen molar-refractivity contribution in [2.45, 2.75) is 35.6 Å². The van der Waals surface area contributed by atoms with E-state index in [4.69, 9.17) is 0 Å². The van der Waals surface area contributed by atoms with E-state index in [0.29, 0.717) is 35.8 Å². The standard InChI is InChI=1S/C23H24N4O5S2/c28-17(12-33-16-3-6-24-7-4-16)25-18-21(30)27-19(23(31)32)15(11-34-22(18)27)9-14-5-8-26(20(14)29)10-13-1-2-13/h3-4,6-7,9,13,18,22H,1-2,5,8,10-12H2,(H,25,28)(H,31,32)/b14-9+/t18-,22-/m1/s1. The highest BCUT2D eigenvalue weighted by atomic mass is 32.2. The fourth-order valence-electron chi connectivity index (χ4n) is 4.35. The van der Waals surface area contributed by atoms with Gasteiger partial charge in [-0.2, -0.15) is 0 Å². The van der Waals surface area contributed by atoms with Crippen LogP contribution in [0, 0.1) is 5.92 Å². The summed E-state index contributed by atoms with van der Waals surface area (Å²) in [6, 6.07) is 2.83. The largest absolute Gasteiger partial charge is 0.477 e. The predicted molar refractivity (Wildman–Crippen MR) is 127 cm³/mol. The van der Waals surface area contributed by atoms with Gasteiger partial charge in [0.1, 0.15) is 17.1 Å². The molecule has 4 aliphatic rings. The van der Waals surface area contributed by atoms with Crippen molar-refractivity contribution in [3.05, 3.63) is 47.4 Å². The van der Waals surface area contributed by atoms with Crippen LogP contribution in [0.4, 0.5) is 0 Å². The Morgan fingerprint density at radius 3 is 2.74 bits per heavy atom. The molecule has 2 saturated heterocycles. The maximum absolute atomic E-state index is 12.8. The van der Waals surface area contributed by atoms with E-state index in [0.717, 1.165) is 24.3 Å². The molecule has 0 bridgehead atoms. The number of hydrogen-bond acceptors (Lipinski definition) is 7. The third kappa shape index (κ3) is 4.58. The van der Waals surface area contributed by atoms with Crippen molar-refractivity contribution in [2.24, 2.45) is 5.92 Å². The van der Waals surface area contributed by atoms with Gasteiger partial charge < -0.3 is 15.3 Å². The molecular weight excluding hydrogens is 476 g/mol. The zero-order valence-corrected chi connectivity index (χ0v) is 19.9. The van der Waals surface area contributed by atoms with Gasteiger partial charge in [-0.25, -0.2) is 4.79 Å². The van der Waals surface area contributed by atoms with Crippen molar-refractivity contribution in [1.82, 2.24) is 20.1 Å². The molecule has 5 rings (SSSR count). The number of nitrogens with zero attached hydrogens (tertiary/aromatic N) is 3. The second-order valence-corrected chi connectivity index (χ2v) is 10.9. The van der Waals surface area contributed by atoms with Crippen LogP contribution in [0.1, 0.15) is 19.3 Å². The van der Waals surface area contributed by atoms with E-state index >= 15 is 0 Å². The van der Waals surface area contributed by atoms with Gasteiger partial charge in [0.15, 0.2) is 0 Å². The summed E-state index contributed by atoms with van der Waals surface area (Å²) in [6.07, 6.45) is 7.84. The number of carboxylic acids is 1. The Bertz CT molecular complexity index is 1100. The monoisotopic (exact) mass is 500 g/mol. The van der Waals surface area contributed by atoms with E-state index < -0.39 is 23.3 Å². The zero-order valence-electron chi connectivity index (χ0n) is 18.3. The second kappa shape index (κ2) is 9.46. The number of fused-ring (bicyclic) bond motifs is 1. The van der Waals surface area contributed by atoms with Gasteiger partial charge in [0.2, 0.25) is 11.8 Å². The van der Waals surface area contributed by atoms with Crippen molar-refractivity contribution >= 4 is 47.2 Å². The summed E-state index contributed by atoms with van der Waals surface area (Å²) in [6.45, 7) is 1.42. The van der Waals surface area contributed by atoms with Crippen LogP contribution in [0.3, 0.4) is 0 Å². The highest BCUT2D eigenvalue weighted by molar-refractivity contribution is 8.00. The van der Waals surface area contributed by atoms with Gasteiger partial charge in [-0.05, 0) is 49.0 Å². The molecule has 9 nitrogen and oxygen atoms in total. The van der Waals surface area contributed by atoms with Crippen molar-refractivity contribution in [3.63, 3.8) is 0 Å². The number of amides is 3. The fraction of sp³-hybridized carbons (Fsp3) is 0.435. The molecule has 34 heavy (non-hydrogen) atoms. The average Bonchev–Trinajstić information content (AvgIpc) is 3.60. The molecule has 178 valence electrons. The number of carbonyl (C=O) groups excluding carboxylic acids is 3. The lowest BCUT2D eigenvalue weighted by atomic mass is 10.0. The van der Waals surface area contributed by atoms with Gasteiger partial charge in [0.25, 0.3) is 5.91 Å². The van der Waals surface area contributed by atoms with Crippen LogP contribution < -0.4 is 5.32 Å². The van der Waals surface area contributed by atoms with E-state index in [9.17, 15) is 24.3 Å². The normalized spacial score (nSPS) is 25.5. The van der Waals surface area contributed by atoms with Crippen LogP contribution in [0.5, 0.6) is 0 Å². The van der Waals surface area contributed by atoms with E-state index in [-0.39, 0.29) is 23.3 Å². The number of β-lactam (4-membered cyclic amide) rings is 1. The third-order valence-electron chi connectivity index (χ3n) is 6.27. The highest BCUT2D eigenvalue weighted by Gasteiger charge is 2.54. The Morgan fingerprint density at radius 2 is 2.03 bits per heavy atom. The molecule has 0 aromatic carbocycles. The van der Waals surface area contributed by atoms with Crippen LogP contribution in [0.15, 0.2) is 52.3 Å². The number of likely N-dealkylation sites (tertiary alicyclic amines) is 1. The first-order valence-corrected chi connectivity index (χ1v) is 13.2. The molecule has 11 heteroatoms. The molecule has 1 saturated carbocycles. The van der Waals surface area contributed by atoms with Gasteiger partial charge in [-0.15, -0.1) is 23.5 Å². The first-order valence-electron chi connectivity index (χ1n) is 11.2. The lowest BCUT2D eigenvalue weighted by molar-refractivity contribution is -0.150. The van der Waals surface area contributed by atoms with Crippen molar-refractivity contribution in [1.29, 1.82) is 0 Å². The van der Waals surface area contributed by atoms with Crippen LogP contribution in [0.25, 0.3) is 0 Å². The lowest BCUT2D eigenvalue weighted by Gasteiger charge is -2.49. The molecular formula is C23H24N4O5S2. The molecule has 1 aromatic heterocycles. The van der Waals surface area contributed by atoms with E-state index in [1.165, 1.54) is 28.4 Å². The molecule has 0 spiro atoms. The Labute approximate surface area is 205 Å². The molecule has 1 aromatic rings. The van der Waals surface area contributed by atoms with Gasteiger partial charge >= 0.3 is 5.97 Å². The molecule has 3 aliphatic heterocycles. The third-order valence-corrected chi connectivity index (χ3v) is 8.59. The van der Waals surface area contributed by atoms with Crippen molar-refractivity contribution in [2.75, 3.05) is 24.6 Å². The van der Waals surface area contributed by atoms with Gasteiger partial charge in [0, 0.05) is 41.7 Å². The number of pyridine rings is 1. The fourth-order valence-corrected chi connectivity index (χ4v) is 6.35. The van der Waals surface area contributed by atoms with Crippen LogP contribution in [-0.2, 0) is 19.2 Å². The smallest absolute Gasteiger partial charge is 0.352 e. The number of carboxylic acid groups (broad SMARTS) is 1. The number of allylic oxidation sites excluding steroid dienone is 1. The first-order chi connectivity index (χ1) is 16.4. The Hall–Kier alpha value is -2.79. The van der Waals surface area contributed by atoms with Crippen LogP contribution in [0.2, 0.25) is 0 Å². The number of carbonyl (C=O) groups is 4. The van der Waals surface area contributed by atoms with Crippen molar-refractivity contribution in [3.8, 4) is 0 Å². The van der Waals surface area contributed by atoms with E-state index in [1.54, 1.807) is 30.6 Å². The number of hydrogen-bond donors (Lipinski definition) is 2. The number of nitrogens with one attached hydrogen (secondary N) is 1. The molecule has 2 N–H and O–H groups in total. The molecule has 3 fully saturated rings. The van der Waals surface area contributed by atoms with Crippen LogP contribution in [-0.4, -0.2) is 79.6 Å². The van der Waals surface area contributed by atoms with Crippen LogP contribution >= 0.6 is 23.5 Å². The molecule has 0 radical (unpaired) electrons. The summed E-state index contributed by atoms with van der Waals surface area (Å²) < 4.78 is 0. The summed E-state index contributed by atoms with van der Waals surface area (Å²) in [4.78, 5) is 57.9. The zero-order chi connectivity index (χ0) is 23.8. The molecule has 4 heterocycles. The summed E-state index contributed by atoms with van der Waals surface area (Å²) in [5.41, 5.74) is 0.975. The number of thioether (sulfide) groups is 2. The highest BCUT2D eigenvalue weighted by Crippen LogP contribution is 2.41. The number of aromatic nitrogens is 1. The summed E-state index contributed by atoms with van der Waals surface area (Å²) >= 11 is 2.74. The quantitative estimate of drug-likeness (QED) is 0.313. The topological polar surface area (TPSA) is 120 Å². The summed E-state index contributed by atoms with van der Waals surface area (Å²) in [5.74, 6) is -0.886. The first kappa shape index (κ1) is 23.0. The lowest BCUT2D eigenvalue weighted by Crippen LogP contribution is -2.70. The predicted octanol–water partition coefficient (Wildman–Crippen LogP) is 1.48. The maximum Gasteiger partial charge on any atom is 0.352 e. The second-order valence-electron chi connectivity index (χ2n) is 8.72. The molecule has 2 atom stereocenters. The van der Waals surface area contributed by atoms with Crippen molar-refractivity contribution < 1.29 is 24.3 Å². The minimum atomic E-state index is -1.20. The molecule has 3 amide bonds.